The van der Waals surface area contributed by atoms with E-state index in [9.17, 15) is 32.9 Å². The predicted octanol–water partition coefficient (Wildman–Crippen LogP) is 4.22. The average molecular weight is 458 g/mol. The van der Waals surface area contributed by atoms with Gasteiger partial charge in [-0.25, -0.2) is 4.79 Å². The number of amides is 1. The molecule has 2 aromatic heterocycles. The van der Waals surface area contributed by atoms with Gasteiger partial charge in [0.25, 0.3) is 5.91 Å². The number of nitro groups is 1. The molecule has 9 nitrogen and oxygen atoms in total. The number of hydrogen-bond acceptors (Lipinski definition) is 6. The zero-order chi connectivity index (χ0) is 23.8. The second-order valence-electron chi connectivity index (χ2n) is 6.93. The lowest BCUT2D eigenvalue weighted by Crippen LogP contribution is -2.18. The summed E-state index contributed by atoms with van der Waals surface area (Å²) in [6.45, 7) is 0.0684. The molecule has 1 amide bonds. The predicted molar refractivity (Wildman–Crippen MR) is 110 cm³/mol. The molecule has 33 heavy (non-hydrogen) atoms. The van der Waals surface area contributed by atoms with E-state index in [1.54, 1.807) is 30.3 Å². The second kappa shape index (κ2) is 8.22. The van der Waals surface area contributed by atoms with Crippen molar-refractivity contribution < 1.29 is 27.3 Å². The second-order valence-corrected chi connectivity index (χ2v) is 6.93. The third-order valence-electron chi connectivity index (χ3n) is 4.67. The van der Waals surface area contributed by atoms with Crippen molar-refractivity contribution in [3.8, 4) is 0 Å². The zero-order valence-corrected chi connectivity index (χ0v) is 16.5. The molecule has 2 aromatic carbocycles. The maximum atomic E-state index is 13.2. The first-order valence-corrected chi connectivity index (χ1v) is 9.34. The minimum absolute atomic E-state index is 0.0186. The first-order chi connectivity index (χ1) is 15.6. The fourth-order valence-corrected chi connectivity index (χ4v) is 3.22. The molecule has 0 saturated carbocycles. The van der Waals surface area contributed by atoms with Gasteiger partial charge in [-0.1, -0.05) is 30.3 Å². The Kier molecular flexibility index (Phi) is 5.42. The first-order valence-electron chi connectivity index (χ1n) is 9.34. The Morgan fingerprint density at radius 2 is 1.85 bits per heavy atom. The number of nitrogens with one attached hydrogen (secondary N) is 1. The zero-order valence-electron chi connectivity index (χ0n) is 16.5. The Morgan fingerprint density at radius 3 is 2.52 bits per heavy atom. The SMILES string of the molecule is O=C(Nc1ccc2c(C(F)(F)F)cc(=O)oc2c1)c1cc([N+](=O)[O-])nn1Cc1ccccc1. The summed E-state index contributed by atoms with van der Waals surface area (Å²) in [5.41, 5.74) is -2.13. The molecule has 0 atom stereocenters. The van der Waals surface area contributed by atoms with Gasteiger partial charge in [0.2, 0.25) is 0 Å². The minimum atomic E-state index is -4.78. The summed E-state index contributed by atoms with van der Waals surface area (Å²) in [7, 11) is 0. The fourth-order valence-electron chi connectivity index (χ4n) is 3.22. The van der Waals surface area contributed by atoms with Gasteiger partial charge in [0.1, 0.15) is 5.58 Å². The van der Waals surface area contributed by atoms with Crippen LogP contribution in [0.5, 0.6) is 0 Å². The Bertz CT molecular complexity index is 1430. The van der Waals surface area contributed by atoms with Gasteiger partial charge in [0.05, 0.1) is 23.3 Å². The summed E-state index contributed by atoms with van der Waals surface area (Å²) in [6, 6.07) is 13.4. The van der Waals surface area contributed by atoms with E-state index in [0.29, 0.717) is 6.07 Å². The first kappa shape index (κ1) is 21.7. The fraction of sp³-hybridized carbons (Fsp3) is 0.0952. The number of halogens is 3. The van der Waals surface area contributed by atoms with Gasteiger partial charge in [0, 0.05) is 23.2 Å². The molecule has 0 aliphatic rings. The van der Waals surface area contributed by atoms with Crippen LogP contribution in [0.25, 0.3) is 11.0 Å². The maximum absolute atomic E-state index is 13.2. The van der Waals surface area contributed by atoms with Gasteiger partial charge < -0.3 is 19.8 Å². The van der Waals surface area contributed by atoms with Crippen molar-refractivity contribution >= 4 is 28.4 Å². The van der Waals surface area contributed by atoms with Crippen LogP contribution in [0.15, 0.2) is 69.9 Å². The Hall–Kier alpha value is -4.48. The number of carbonyl (C=O) groups excluding carboxylic acids is 1. The molecule has 0 fully saturated rings. The number of nitrogens with zero attached hydrogens (tertiary/aromatic N) is 3. The largest absolute Gasteiger partial charge is 0.423 e. The number of fused-ring (bicyclic) bond motifs is 1. The van der Waals surface area contributed by atoms with E-state index in [1.165, 1.54) is 6.07 Å². The summed E-state index contributed by atoms with van der Waals surface area (Å²) in [5, 5.41) is 17.1. The number of carbonyl (C=O) groups is 1. The van der Waals surface area contributed by atoms with E-state index in [0.717, 1.165) is 28.4 Å². The van der Waals surface area contributed by atoms with Gasteiger partial charge in [-0.15, -0.1) is 0 Å². The number of aromatic nitrogens is 2. The standard InChI is InChI=1S/C21H13F3N4O5/c22-21(23,24)15-9-19(29)33-17-8-13(6-7-14(15)17)25-20(30)16-10-18(28(31)32)26-27(16)11-12-4-2-1-3-5-12/h1-10H,11H2,(H,25,30). The number of alkyl halides is 3. The Morgan fingerprint density at radius 1 is 1.12 bits per heavy atom. The van der Waals surface area contributed by atoms with Crippen LogP contribution >= 0.6 is 0 Å². The van der Waals surface area contributed by atoms with E-state index >= 15 is 0 Å². The normalized spacial score (nSPS) is 11.5. The lowest BCUT2D eigenvalue weighted by Gasteiger charge is -2.10. The molecule has 0 unspecified atom stereocenters. The van der Waals surface area contributed by atoms with Crippen molar-refractivity contribution in [3.63, 3.8) is 0 Å². The molecule has 0 saturated heterocycles. The molecular weight excluding hydrogens is 445 g/mol. The quantitative estimate of drug-likeness (QED) is 0.272. The Labute approximate surface area is 182 Å². The lowest BCUT2D eigenvalue weighted by atomic mass is 10.1. The summed E-state index contributed by atoms with van der Waals surface area (Å²) in [6.07, 6.45) is -4.78. The van der Waals surface area contributed by atoms with Crippen LogP contribution < -0.4 is 10.9 Å². The summed E-state index contributed by atoms with van der Waals surface area (Å²) < 4.78 is 45.6. The topological polar surface area (TPSA) is 120 Å². The molecule has 168 valence electrons. The highest BCUT2D eigenvalue weighted by atomic mass is 19.4. The van der Waals surface area contributed by atoms with Crippen LogP contribution in [-0.4, -0.2) is 20.6 Å². The number of benzene rings is 2. The maximum Gasteiger partial charge on any atom is 0.417 e. The van der Waals surface area contributed by atoms with Crippen LogP contribution in [0.4, 0.5) is 24.7 Å². The highest BCUT2D eigenvalue weighted by molar-refractivity contribution is 6.04. The molecule has 2 heterocycles. The molecule has 0 aliphatic heterocycles. The van der Waals surface area contributed by atoms with Crippen molar-refractivity contribution in [3.05, 3.63) is 98.0 Å². The van der Waals surface area contributed by atoms with E-state index in [-0.39, 0.29) is 28.9 Å². The van der Waals surface area contributed by atoms with Gasteiger partial charge in [0.15, 0.2) is 5.69 Å². The molecule has 4 aromatic rings. The third-order valence-corrected chi connectivity index (χ3v) is 4.67. The lowest BCUT2D eigenvalue weighted by molar-refractivity contribution is -0.389. The minimum Gasteiger partial charge on any atom is -0.423 e. The molecule has 0 bridgehead atoms. The monoisotopic (exact) mass is 458 g/mol. The summed E-state index contributed by atoms with van der Waals surface area (Å²) in [4.78, 5) is 34.8. The Balaban J connectivity index is 1.68. The van der Waals surface area contributed by atoms with Crippen molar-refractivity contribution in [1.29, 1.82) is 0 Å². The van der Waals surface area contributed by atoms with Gasteiger partial charge in [-0.3, -0.25) is 4.79 Å². The highest BCUT2D eigenvalue weighted by Crippen LogP contribution is 2.34. The van der Waals surface area contributed by atoms with E-state index in [4.69, 9.17) is 4.42 Å². The molecule has 1 N–H and O–H groups in total. The van der Waals surface area contributed by atoms with Gasteiger partial charge >= 0.3 is 17.6 Å². The van der Waals surface area contributed by atoms with Crippen LogP contribution in [-0.2, 0) is 12.7 Å². The van der Waals surface area contributed by atoms with Crippen LogP contribution in [0, 0.1) is 10.1 Å². The van der Waals surface area contributed by atoms with Crippen molar-refractivity contribution in [2.24, 2.45) is 0 Å². The number of anilines is 1. The van der Waals surface area contributed by atoms with E-state index in [2.05, 4.69) is 10.4 Å². The molecule has 12 heteroatoms. The van der Waals surface area contributed by atoms with Gasteiger partial charge in [-0.2, -0.15) is 17.9 Å². The smallest absolute Gasteiger partial charge is 0.417 e. The van der Waals surface area contributed by atoms with Gasteiger partial charge in [-0.05, 0) is 22.6 Å². The molecule has 0 aliphatic carbocycles. The van der Waals surface area contributed by atoms with Crippen molar-refractivity contribution in [2.75, 3.05) is 5.32 Å². The third kappa shape index (κ3) is 4.59. The van der Waals surface area contributed by atoms with Crippen LogP contribution in [0.1, 0.15) is 21.6 Å². The van der Waals surface area contributed by atoms with Crippen LogP contribution in [0.3, 0.4) is 0 Å². The molecule has 0 radical (unpaired) electrons. The average Bonchev–Trinajstić information content (AvgIpc) is 3.17. The van der Waals surface area contributed by atoms with Crippen molar-refractivity contribution in [1.82, 2.24) is 9.78 Å². The molecular formula is C21H13F3N4O5. The van der Waals surface area contributed by atoms with E-state index < -0.39 is 34.0 Å². The summed E-state index contributed by atoms with van der Waals surface area (Å²) in [5.74, 6) is -1.34. The van der Waals surface area contributed by atoms with E-state index in [1.807, 2.05) is 0 Å². The molecule has 0 spiro atoms. The highest BCUT2D eigenvalue weighted by Gasteiger charge is 2.34. The summed E-state index contributed by atoms with van der Waals surface area (Å²) >= 11 is 0. The number of rotatable bonds is 5. The molecule has 4 rings (SSSR count). The van der Waals surface area contributed by atoms with Crippen LogP contribution in [0.2, 0.25) is 0 Å². The van der Waals surface area contributed by atoms with Crippen molar-refractivity contribution in [2.45, 2.75) is 12.7 Å². The number of hydrogen-bond donors (Lipinski definition) is 1.